The van der Waals surface area contributed by atoms with Crippen molar-refractivity contribution in [3.05, 3.63) is 34.1 Å². The average molecular weight is 281 g/mol. The van der Waals surface area contributed by atoms with Crippen LogP contribution in [0.2, 0.25) is 0 Å². The maximum atomic E-state index is 5.60. The predicted octanol–water partition coefficient (Wildman–Crippen LogP) is 3.76. The summed E-state index contributed by atoms with van der Waals surface area (Å²) in [6, 6.07) is 6.03. The molecule has 0 amide bonds. The molecule has 0 aliphatic heterocycles. The maximum Gasteiger partial charge on any atom is 0.248 e. The van der Waals surface area contributed by atoms with E-state index in [1.165, 1.54) is 0 Å². The van der Waals surface area contributed by atoms with Crippen molar-refractivity contribution in [3.63, 3.8) is 0 Å². The van der Waals surface area contributed by atoms with Crippen molar-refractivity contribution in [3.8, 4) is 11.5 Å². The largest absolute Gasteiger partial charge is 0.421 e. The molecule has 0 unspecified atom stereocenters. The van der Waals surface area contributed by atoms with Crippen LogP contribution in [0.25, 0.3) is 11.5 Å². The second-order valence-corrected chi connectivity index (χ2v) is 4.63. The highest BCUT2D eigenvalue weighted by Crippen LogP contribution is 2.25. The Bertz CT molecular complexity index is 494. The van der Waals surface area contributed by atoms with Crippen LogP contribution in [0.1, 0.15) is 24.8 Å². The van der Waals surface area contributed by atoms with Gasteiger partial charge in [0.15, 0.2) is 0 Å². The molecule has 1 heterocycles. The second-order valence-electron chi connectivity index (χ2n) is 3.71. The first-order valence-corrected chi connectivity index (χ1v) is 6.09. The Morgan fingerprint density at radius 1 is 1.31 bits per heavy atom. The molecule has 3 nitrogen and oxygen atoms in total. The van der Waals surface area contributed by atoms with Gasteiger partial charge >= 0.3 is 0 Å². The highest BCUT2D eigenvalue weighted by Gasteiger charge is 2.10. The van der Waals surface area contributed by atoms with Crippen LogP contribution in [-0.2, 0) is 6.42 Å². The number of halogens is 1. The molecule has 84 valence electrons. The van der Waals surface area contributed by atoms with Crippen molar-refractivity contribution >= 4 is 15.9 Å². The smallest absolute Gasteiger partial charge is 0.248 e. The van der Waals surface area contributed by atoms with Gasteiger partial charge in [0.1, 0.15) is 0 Å². The van der Waals surface area contributed by atoms with Crippen molar-refractivity contribution in [1.29, 1.82) is 0 Å². The van der Waals surface area contributed by atoms with Gasteiger partial charge in [-0.1, -0.05) is 28.9 Å². The van der Waals surface area contributed by atoms with Gasteiger partial charge in [-0.3, -0.25) is 0 Å². The first-order valence-electron chi connectivity index (χ1n) is 5.29. The summed E-state index contributed by atoms with van der Waals surface area (Å²) in [6.45, 7) is 4.12. The van der Waals surface area contributed by atoms with Crippen molar-refractivity contribution in [2.24, 2.45) is 0 Å². The Balaban J connectivity index is 2.38. The zero-order chi connectivity index (χ0) is 11.5. The topological polar surface area (TPSA) is 38.9 Å². The number of hydrogen-bond donors (Lipinski definition) is 0. The van der Waals surface area contributed by atoms with Gasteiger partial charge in [0.05, 0.1) is 0 Å². The summed E-state index contributed by atoms with van der Waals surface area (Å²) in [7, 11) is 0. The van der Waals surface area contributed by atoms with Crippen LogP contribution in [0.3, 0.4) is 0 Å². The number of benzene rings is 1. The van der Waals surface area contributed by atoms with Gasteiger partial charge < -0.3 is 4.42 Å². The lowest BCUT2D eigenvalue weighted by atomic mass is 10.1. The van der Waals surface area contributed by atoms with E-state index in [0.717, 1.165) is 28.4 Å². The molecule has 0 aliphatic rings. The highest BCUT2D eigenvalue weighted by atomic mass is 79.9. The molecule has 0 fully saturated rings. The third-order valence-corrected chi connectivity index (χ3v) is 2.85. The molecule has 1 aromatic heterocycles. The Kier molecular flexibility index (Phi) is 3.39. The minimum atomic E-state index is 0.599. The summed E-state index contributed by atoms with van der Waals surface area (Å²) >= 11 is 3.44. The Hall–Kier alpha value is -1.16. The first-order chi connectivity index (χ1) is 7.70. The molecule has 0 radical (unpaired) electrons. The number of hydrogen-bond acceptors (Lipinski definition) is 3. The normalized spacial score (nSPS) is 10.7. The second kappa shape index (κ2) is 4.78. The third-order valence-electron chi connectivity index (χ3n) is 2.36. The quantitative estimate of drug-likeness (QED) is 0.859. The summed E-state index contributed by atoms with van der Waals surface area (Å²) in [5.41, 5.74) is 2.12. The van der Waals surface area contributed by atoms with E-state index in [1.54, 1.807) is 0 Å². The summed E-state index contributed by atoms with van der Waals surface area (Å²) in [4.78, 5) is 0. The molecule has 0 atom stereocenters. The summed E-state index contributed by atoms with van der Waals surface area (Å²) in [6.07, 6.45) is 1.85. The van der Waals surface area contributed by atoms with E-state index >= 15 is 0 Å². The van der Waals surface area contributed by atoms with Crippen LogP contribution in [0, 0.1) is 6.92 Å². The van der Waals surface area contributed by atoms with Crippen LogP contribution in [0.4, 0.5) is 0 Å². The maximum absolute atomic E-state index is 5.60. The molecule has 4 heteroatoms. The molecule has 2 aromatic rings. The van der Waals surface area contributed by atoms with Gasteiger partial charge in [-0.2, -0.15) is 0 Å². The molecular formula is C12H13BrN2O. The number of aromatic nitrogens is 2. The third kappa shape index (κ3) is 2.32. The van der Waals surface area contributed by atoms with Crippen molar-refractivity contribution in [2.45, 2.75) is 26.7 Å². The van der Waals surface area contributed by atoms with Gasteiger partial charge in [0.25, 0.3) is 0 Å². The fourth-order valence-corrected chi connectivity index (χ4v) is 1.86. The van der Waals surface area contributed by atoms with E-state index in [4.69, 9.17) is 4.42 Å². The summed E-state index contributed by atoms with van der Waals surface area (Å²) in [5.74, 6) is 1.30. The first kappa shape index (κ1) is 11.3. The lowest BCUT2D eigenvalue weighted by molar-refractivity contribution is 0.502. The van der Waals surface area contributed by atoms with E-state index < -0.39 is 0 Å². The van der Waals surface area contributed by atoms with Crippen LogP contribution in [0.5, 0.6) is 0 Å². The van der Waals surface area contributed by atoms with Gasteiger partial charge in [-0.25, -0.2) is 0 Å². The van der Waals surface area contributed by atoms with Crippen LogP contribution in [-0.4, -0.2) is 10.2 Å². The average Bonchev–Trinajstić information content (AvgIpc) is 2.71. The van der Waals surface area contributed by atoms with E-state index in [-0.39, 0.29) is 0 Å². The molecule has 0 aliphatic carbocycles. The molecule has 1 aromatic carbocycles. The standard InChI is InChI=1S/C12H13BrN2O/c1-3-4-11-14-15-12(16-11)10-7-9(13)6-5-8(10)2/h5-7H,3-4H2,1-2H3. The zero-order valence-corrected chi connectivity index (χ0v) is 10.9. The van der Waals surface area contributed by atoms with Crippen LogP contribution < -0.4 is 0 Å². The molecule has 0 bridgehead atoms. The van der Waals surface area contributed by atoms with Crippen LogP contribution >= 0.6 is 15.9 Å². The molecule has 0 saturated carbocycles. The summed E-state index contributed by atoms with van der Waals surface area (Å²) < 4.78 is 6.62. The van der Waals surface area contributed by atoms with Gasteiger partial charge in [0, 0.05) is 16.5 Å². The fourth-order valence-electron chi connectivity index (χ4n) is 1.50. The Labute approximate surface area is 103 Å². The predicted molar refractivity (Wildman–Crippen MR) is 66.2 cm³/mol. The van der Waals surface area contributed by atoms with Crippen molar-refractivity contribution in [1.82, 2.24) is 10.2 Å². The lowest BCUT2D eigenvalue weighted by Crippen LogP contribution is -1.83. The zero-order valence-electron chi connectivity index (χ0n) is 9.33. The Morgan fingerprint density at radius 3 is 2.88 bits per heavy atom. The minimum Gasteiger partial charge on any atom is -0.421 e. The van der Waals surface area contributed by atoms with Gasteiger partial charge in [-0.15, -0.1) is 10.2 Å². The minimum absolute atomic E-state index is 0.599. The fraction of sp³-hybridized carbons (Fsp3) is 0.333. The van der Waals surface area contributed by atoms with Gasteiger partial charge in [0.2, 0.25) is 11.8 Å². The molecule has 0 N–H and O–H groups in total. The molecule has 16 heavy (non-hydrogen) atoms. The molecule has 2 rings (SSSR count). The van der Waals surface area contributed by atoms with E-state index in [1.807, 2.05) is 25.1 Å². The number of aryl methyl sites for hydroxylation is 2. The van der Waals surface area contributed by atoms with Crippen molar-refractivity contribution in [2.75, 3.05) is 0 Å². The lowest BCUT2D eigenvalue weighted by Gasteiger charge is -2.00. The molecule has 0 saturated heterocycles. The van der Waals surface area contributed by atoms with Gasteiger partial charge in [-0.05, 0) is 31.0 Å². The van der Waals surface area contributed by atoms with Crippen LogP contribution in [0.15, 0.2) is 27.1 Å². The summed E-state index contributed by atoms with van der Waals surface area (Å²) in [5, 5.41) is 8.09. The molecule has 0 spiro atoms. The molecular weight excluding hydrogens is 268 g/mol. The Morgan fingerprint density at radius 2 is 2.12 bits per heavy atom. The van der Waals surface area contributed by atoms with E-state index in [0.29, 0.717) is 11.8 Å². The highest BCUT2D eigenvalue weighted by molar-refractivity contribution is 9.10. The monoisotopic (exact) mass is 280 g/mol. The van der Waals surface area contributed by atoms with Crippen molar-refractivity contribution < 1.29 is 4.42 Å². The van der Waals surface area contributed by atoms with E-state index in [2.05, 4.69) is 33.1 Å². The number of nitrogens with zero attached hydrogens (tertiary/aromatic N) is 2. The van der Waals surface area contributed by atoms with E-state index in [9.17, 15) is 0 Å². The SMILES string of the molecule is CCCc1nnc(-c2cc(Br)ccc2C)o1. The number of rotatable bonds is 3.